The van der Waals surface area contributed by atoms with E-state index in [1.165, 1.54) is 6.08 Å². The molecule has 1 aromatic rings. The first-order chi connectivity index (χ1) is 9.56. The number of aliphatic hydroxyl groups is 1. The highest BCUT2D eigenvalue weighted by Crippen LogP contribution is 2.21. The van der Waals surface area contributed by atoms with E-state index in [-0.39, 0.29) is 11.8 Å². The maximum absolute atomic E-state index is 10.9. The van der Waals surface area contributed by atoms with E-state index >= 15 is 0 Å². The van der Waals surface area contributed by atoms with E-state index < -0.39 is 4.92 Å². The molecule has 1 aliphatic carbocycles. The van der Waals surface area contributed by atoms with E-state index in [1.807, 2.05) is 24.3 Å². The molecule has 105 valence electrons. The lowest BCUT2D eigenvalue weighted by Gasteiger charge is -2.12. The minimum atomic E-state index is -0.393. The molecule has 1 radical (unpaired) electrons. The summed E-state index contributed by atoms with van der Waals surface area (Å²) in [7, 11) is 0. The highest BCUT2D eigenvalue weighted by molar-refractivity contribution is 5.54. The Hall–Kier alpha value is -2.14. The number of hydrogen-bond donors (Lipinski definition) is 2. The fourth-order valence-corrected chi connectivity index (χ4v) is 2.05. The Morgan fingerprint density at radius 2 is 2.10 bits per heavy atom. The van der Waals surface area contributed by atoms with Crippen molar-refractivity contribution in [1.82, 2.24) is 0 Å². The highest BCUT2D eigenvalue weighted by Gasteiger charge is 2.19. The number of hydrogen-bond acceptors (Lipinski definition) is 4. The topological polar surface area (TPSA) is 75.4 Å². The van der Waals surface area contributed by atoms with Crippen molar-refractivity contribution in [3.05, 3.63) is 69.9 Å². The summed E-state index contributed by atoms with van der Waals surface area (Å²) in [6.07, 6.45) is 5.97. The van der Waals surface area contributed by atoms with Crippen LogP contribution in [0.4, 0.5) is 5.69 Å². The zero-order valence-electron chi connectivity index (χ0n) is 11.2. The van der Waals surface area contributed by atoms with Gasteiger partial charge in [0.2, 0.25) is 0 Å². The predicted molar refractivity (Wildman–Crippen MR) is 77.5 cm³/mol. The summed E-state index contributed by atoms with van der Waals surface area (Å²) in [4.78, 5) is 10.5. The Balaban J connectivity index is 2.08. The lowest BCUT2D eigenvalue weighted by Crippen LogP contribution is -2.12. The number of benzene rings is 1. The van der Waals surface area contributed by atoms with Crippen LogP contribution in [0.5, 0.6) is 0 Å². The molecule has 5 heteroatoms. The monoisotopic (exact) mass is 273 g/mol. The second-order valence-electron chi connectivity index (χ2n) is 4.77. The summed E-state index contributed by atoms with van der Waals surface area (Å²) in [6.45, 7) is 1.74. The average molecular weight is 273 g/mol. The van der Waals surface area contributed by atoms with Crippen molar-refractivity contribution in [3.8, 4) is 0 Å². The molecule has 0 heterocycles. The summed E-state index contributed by atoms with van der Waals surface area (Å²) in [5.41, 5.74) is 2.41. The SMILES string of the molecule is C[C@H](O)Cc1ccc(NC2=CC[CH]C=C2[N+](=O)[O-])cc1. The van der Waals surface area contributed by atoms with Gasteiger partial charge in [-0.1, -0.05) is 18.2 Å². The Labute approximate surface area is 117 Å². The van der Waals surface area contributed by atoms with E-state index in [0.717, 1.165) is 11.3 Å². The van der Waals surface area contributed by atoms with Gasteiger partial charge in [-0.05, 0) is 50.0 Å². The number of allylic oxidation sites excluding steroid dienone is 2. The molecule has 0 aliphatic heterocycles. The number of rotatable bonds is 5. The molecule has 20 heavy (non-hydrogen) atoms. The molecule has 0 saturated heterocycles. The van der Waals surface area contributed by atoms with Gasteiger partial charge >= 0.3 is 0 Å². The van der Waals surface area contributed by atoms with Crippen LogP contribution in [0.3, 0.4) is 0 Å². The number of nitrogens with zero attached hydrogens (tertiary/aromatic N) is 1. The summed E-state index contributed by atoms with van der Waals surface area (Å²) in [6, 6.07) is 7.52. The van der Waals surface area contributed by atoms with Gasteiger partial charge < -0.3 is 10.4 Å². The third kappa shape index (κ3) is 3.68. The third-order valence-corrected chi connectivity index (χ3v) is 2.97. The Kier molecular flexibility index (Phi) is 4.53. The van der Waals surface area contributed by atoms with Crippen molar-refractivity contribution >= 4 is 5.69 Å². The van der Waals surface area contributed by atoms with Crippen LogP contribution >= 0.6 is 0 Å². The van der Waals surface area contributed by atoms with Crippen LogP contribution in [-0.4, -0.2) is 16.1 Å². The molecule has 1 aromatic carbocycles. The molecule has 0 aromatic heterocycles. The molecule has 2 N–H and O–H groups in total. The lowest BCUT2D eigenvalue weighted by molar-refractivity contribution is -0.420. The van der Waals surface area contributed by atoms with Gasteiger partial charge in [0.05, 0.1) is 11.0 Å². The standard InChI is InChI=1S/C15H17N2O3/c1-11(18)10-12-6-8-13(9-7-12)16-14-4-2-3-5-15(14)17(19)20/h3-9,11,16,18H,2,10H2,1H3/t11-/m0/s1. The zero-order chi connectivity index (χ0) is 14.5. The number of anilines is 1. The average Bonchev–Trinajstić information content (AvgIpc) is 2.41. The normalized spacial score (nSPS) is 16.1. The van der Waals surface area contributed by atoms with Gasteiger partial charge in [0, 0.05) is 5.69 Å². The molecular weight excluding hydrogens is 256 g/mol. The molecule has 0 amide bonds. The minimum absolute atomic E-state index is 0.0734. The first kappa shape index (κ1) is 14.3. The van der Waals surface area contributed by atoms with Gasteiger partial charge in [-0.25, -0.2) is 0 Å². The van der Waals surface area contributed by atoms with Crippen LogP contribution in [0.1, 0.15) is 18.9 Å². The van der Waals surface area contributed by atoms with E-state index in [0.29, 0.717) is 18.5 Å². The van der Waals surface area contributed by atoms with E-state index in [2.05, 4.69) is 5.32 Å². The lowest BCUT2D eigenvalue weighted by atomic mass is 10.1. The fourth-order valence-electron chi connectivity index (χ4n) is 2.05. The minimum Gasteiger partial charge on any atom is -0.393 e. The van der Waals surface area contributed by atoms with E-state index in [4.69, 9.17) is 0 Å². The molecule has 0 fully saturated rings. The van der Waals surface area contributed by atoms with Gasteiger partial charge in [0.15, 0.2) is 0 Å². The number of nitrogens with one attached hydrogen (secondary N) is 1. The summed E-state index contributed by atoms with van der Waals surface area (Å²) < 4.78 is 0. The van der Waals surface area contributed by atoms with Crippen molar-refractivity contribution in [2.45, 2.75) is 25.9 Å². The third-order valence-electron chi connectivity index (χ3n) is 2.97. The van der Waals surface area contributed by atoms with Crippen molar-refractivity contribution in [1.29, 1.82) is 0 Å². The first-order valence-corrected chi connectivity index (χ1v) is 6.48. The number of nitro groups is 1. The molecule has 0 bridgehead atoms. The van der Waals surface area contributed by atoms with Crippen molar-refractivity contribution in [2.24, 2.45) is 0 Å². The van der Waals surface area contributed by atoms with Gasteiger partial charge in [0.25, 0.3) is 5.70 Å². The second kappa shape index (κ2) is 6.34. The van der Waals surface area contributed by atoms with Crippen molar-refractivity contribution < 1.29 is 10.0 Å². The van der Waals surface area contributed by atoms with Crippen LogP contribution in [0.15, 0.2) is 47.8 Å². The fraction of sp³-hybridized carbons (Fsp3) is 0.267. The highest BCUT2D eigenvalue weighted by atomic mass is 16.6. The predicted octanol–water partition coefficient (Wildman–Crippen LogP) is 2.67. The molecular formula is C15H17N2O3. The van der Waals surface area contributed by atoms with Gasteiger partial charge in [-0.15, -0.1) is 0 Å². The molecule has 0 saturated carbocycles. The molecule has 1 atom stereocenters. The molecule has 0 spiro atoms. The quantitative estimate of drug-likeness (QED) is 0.639. The van der Waals surface area contributed by atoms with E-state index in [9.17, 15) is 15.2 Å². The Morgan fingerprint density at radius 1 is 1.40 bits per heavy atom. The molecule has 0 unspecified atom stereocenters. The van der Waals surface area contributed by atoms with Crippen LogP contribution in [0.25, 0.3) is 0 Å². The first-order valence-electron chi connectivity index (χ1n) is 6.48. The van der Waals surface area contributed by atoms with Gasteiger partial charge in [-0.2, -0.15) is 0 Å². The van der Waals surface area contributed by atoms with Crippen molar-refractivity contribution in [2.75, 3.05) is 5.32 Å². The maximum Gasteiger partial charge on any atom is 0.288 e. The smallest absolute Gasteiger partial charge is 0.288 e. The van der Waals surface area contributed by atoms with Gasteiger partial charge in [0.1, 0.15) is 5.70 Å². The maximum atomic E-state index is 10.9. The Bertz CT molecular complexity index is 545. The summed E-state index contributed by atoms with van der Waals surface area (Å²) in [5.74, 6) is 0. The van der Waals surface area contributed by atoms with E-state index in [1.54, 1.807) is 19.4 Å². The zero-order valence-corrected chi connectivity index (χ0v) is 11.2. The molecule has 2 rings (SSSR count). The van der Waals surface area contributed by atoms with Crippen LogP contribution in [-0.2, 0) is 6.42 Å². The molecule has 1 aliphatic rings. The summed E-state index contributed by atoms with van der Waals surface area (Å²) >= 11 is 0. The number of aliphatic hydroxyl groups excluding tert-OH is 1. The Morgan fingerprint density at radius 3 is 2.70 bits per heavy atom. The van der Waals surface area contributed by atoms with Crippen LogP contribution in [0.2, 0.25) is 0 Å². The summed E-state index contributed by atoms with van der Waals surface area (Å²) in [5, 5.41) is 23.3. The second-order valence-corrected chi connectivity index (χ2v) is 4.77. The van der Waals surface area contributed by atoms with Crippen LogP contribution in [0, 0.1) is 16.5 Å². The molecule has 5 nitrogen and oxygen atoms in total. The van der Waals surface area contributed by atoms with Gasteiger partial charge in [-0.3, -0.25) is 10.1 Å². The van der Waals surface area contributed by atoms with Crippen molar-refractivity contribution in [3.63, 3.8) is 0 Å². The largest absolute Gasteiger partial charge is 0.393 e. The van der Waals surface area contributed by atoms with Crippen LogP contribution < -0.4 is 5.32 Å².